The Balaban J connectivity index is 2.48. The first-order valence-electron chi connectivity index (χ1n) is 4.17. The van der Waals surface area contributed by atoms with Crippen LogP contribution in [0.4, 0.5) is 0 Å². The minimum atomic E-state index is -0.152. The van der Waals surface area contributed by atoms with Crippen LogP contribution in [0.5, 0.6) is 0 Å². The maximum absolute atomic E-state index is 8.86. The molecule has 0 aromatic carbocycles. The van der Waals surface area contributed by atoms with Crippen LogP contribution < -0.4 is 5.73 Å². The minimum absolute atomic E-state index is 0.00574. The van der Waals surface area contributed by atoms with Gasteiger partial charge in [-0.2, -0.15) is 0 Å². The summed E-state index contributed by atoms with van der Waals surface area (Å²) in [7, 11) is 0. The lowest BCUT2D eigenvalue weighted by atomic mass is 9.91. The molecule has 1 heterocycles. The third kappa shape index (κ3) is 1.92. The van der Waals surface area contributed by atoms with Crippen molar-refractivity contribution in [1.29, 1.82) is 0 Å². The van der Waals surface area contributed by atoms with Crippen LogP contribution in [0.25, 0.3) is 0 Å². The Morgan fingerprint density at radius 1 is 1.55 bits per heavy atom. The van der Waals surface area contributed by atoms with Crippen molar-refractivity contribution in [2.24, 2.45) is 11.7 Å². The number of hydrogen-bond donors (Lipinski definition) is 2. The van der Waals surface area contributed by atoms with Crippen molar-refractivity contribution in [3.8, 4) is 0 Å². The zero-order chi connectivity index (χ0) is 8.43. The highest BCUT2D eigenvalue weighted by Gasteiger charge is 2.30. The van der Waals surface area contributed by atoms with E-state index < -0.39 is 0 Å². The summed E-state index contributed by atoms with van der Waals surface area (Å²) in [6.45, 7) is 4.19. The number of ether oxygens (including phenoxy) is 1. The largest absolute Gasteiger partial charge is 0.394 e. The van der Waals surface area contributed by atoms with E-state index in [-0.39, 0.29) is 24.9 Å². The van der Waals surface area contributed by atoms with Gasteiger partial charge in [-0.1, -0.05) is 6.92 Å². The molecule has 0 aliphatic carbocycles. The number of hydrogen-bond acceptors (Lipinski definition) is 3. The molecule has 0 amide bonds. The normalized spacial score (nSPS) is 45.8. The van der Waals surface area contributed by atoms with Crippen LogP contribution >= 0.6 is 0 Å². The zero-order valence-corrected chi connectivity index (χ0v) is 7.16. The number of rotatable bonds is 1. The highest BCUT2D eigenvalue weighted by Crippen LogP contribution is 2.23. The molecule has 3 heteroatoms. The van der Waals surface area contributed by atoms with Gasteiger partial charge in [0.15, 0.2) is 0 Å². The number of nitrogens with two attached hydrogens (primary N) is 1. The third-order valence-corrected chi connectivity index (χ3v) is 2.49. The molecule has 11 heavy (non-hydrogen) atoms. The first-order chi connectivity index (χ1) is 5.15. The quantitative estimate of drug-likeness (QED) is 0.571. The van der Waals surface area contributed by atoms with Crippen molar-refractivity contribution in [3.63, 3.8) is 0 Å². The number of aliphatic hydroxyl groups excluding tert-OH is 1. The van der Waals surface area contributed by atoms with Crippen molar-refractivity contribution >= 4 is 0 Å². The lowest BCUT2D eigenvalue weighted by Gasteiger charge is -2.36. The van der Waals surface area contributed by atoms with E-state index in [9.17, 15) is 0 Å². The van der Waals surface area contributed by atoms with Crippen molar-refractivity contribution in [2.45, 2.75) is 38.5 Å². The van der Waals surface area contributed by atoms with Crippen LogP contribution in [0, 0.1) is 5.92 Å². The van der Waals surface area contributed by atoms with Crippen molar-refractivity contribution in [1.82, 2.24) is 0 Å². The second-order valence-corrected chi connectivity index (χ2v) is 3.44. The van der Waals surface area contributed by atoms with Gasteiger partial charge >= 0.3 is 0 Å². The Hall–Kier alpha value is -0.120. The molecule has 2 unspecified atom stereocenters. The molecule has 66 valence electrons. The fraction of sp³-hybridized carbons (Fsp3) is 1.00. The summed E-state index contributed by atoms with van der Waals surface area (Å²) in [5.41, 5.74) is 5.76. The van der Waals surface area contributed by atoms with Gasteiger partial charge in [0.1, 0.15) is 0 Å². The second-order valence-electron chi connectivity index (χ2n) is 3.44. The van der Waals surface area contributed by atoms with Crippen LogP contribution in [0.15, 0.2) is 0 Å². The van der Waals surface area contributed by atoms with Gasteiger partial charge in [-0.05, 0) is 19.3 Å². The van der Waals surface area contributed by atoms with Crippen LogP contribution in [-0.2, 0) is 4.74 Å². The molecular weight excluding hydrogens is 142 g/mol. The summed E-state index contributed by atoms with van der Waals surface area (Å²) in [6.07, 6.45) is 1.03. The average molecular weight is 159 g/mol. The van der Waals surface area contributed by atoms with Gasteiger partial charge in [0.25, 0.3) is 0 Å². The van der Waals surface area contributed by atoms with E-state index in [0.29, 0.717) is 5.92 Å². The molecule has 3 nitrogen and oxygen atoms in total. The SMILES string of the molecule is CC1O[C@@H](CO)C(N)C[C@@H]1C. The molecule has 1 aliphatic rings. The average Bonchev–Trinajstić information content (AvgIpc) is 1.97. The van der Waals surface area contributed by atoms with Gasteiger partial charge in [0, 0.05) is 6.04 Å². The van der Waals surface area contributed by atoms with Crippen molar-refractivity contribution in [3.05, 3.63) is 0 Å². The maximum atomic E-state index is 8.86. The molecular formula is C8H17NO2. The first-order valence-corrected chi connectivity index (χ1v) is 4.17. The van der Waals surface area contributed by atoms with E-state index in [1.165, 1.54) is 0 Å². The maximum Gasteiger partial charge on any atom is 0.0959 e. The van der Waals surface area contributed by atoms with Crippen LogP contribution in [0.2, 0.25) is 0 Å². The highest BCUT2D eigenvalue weighted by atomic mass is 16.5. The van der Waals surface area contributed by atoms with Gasteiger partial charge in [0.2, 0.25) is 0 Å². The molecule has 0 spiro atoms. The molecule has 1 saturated heterocycles. The Kier molecular flexibility index (Phi) is 2.87. The topological polar surface area (TPSA) is 55.5 Å². The summed E-state index contributed by atoms with van der Waals surface area (Å²) in [5, 5.41) is 8.86. The Morgan fingerprint density at radius 2 is 2.18 bits per heavy atom. The molecule has 0 aromatic rings. The lowest BCUT2D eigenvalue weighted by Crippen LogP contribution is -2.48. The first kappa shape index (κ1) is 8.97. The molecule has 0 radical (unpaired) electrons. The van der Waals surface area contributed by atoms with E-state index in [2.05, 4.69) is 6.92 Å². The Morgan fingerprint density at radius 3 is 2.73 bits per heavy atom. The summed E-state index contributed by atoms with van der Waals surface area (Å²) in [5.74, 6) is 0.507. The van der Waals surface area contributed by atoms with Crippen LogP contribution in [0.1, 0.15) is 20.3 Å². The van der Waals surface area contributed by atoms with E-state index in [0.717, 1.165) is 6.42 Å². The minimum Gasteiger partial charge on any atom is -0.394 e. The smallest absolute Gasteiger partial charge is 0.0959 e. The fourth-order valence-electron chi connectivity index (χ4n) is 1.46. The monoisotopic (exact) mass is 159 g/mol. The lowest BCUT2D eigenvalue weighted by molar-refractivity contribution is -0.0985. The van der Waals surface area contributed by atoms with Gasteiger partial charge < -0.3 is 15.6 Å². The molecule has 3 N–H and O–H groups in total. The molecule has 1 rings (SSSR count). The summed E-state index contributed by atoms with van der Waals surface area (Å²) < 4.78 is 5.48. The van der Waals surface area contributed by atoms with Gasteiger partial charge in [0.05, 0.1) is 18.8 Å². The summed E-state index contributed by atoms with van der Waals surface area (Å²) in [6, 6.07) is 0.00574. The molecule has 1 aliphatic heterocycles. The Labute approximate surface area is 67.5 Å². The molecule has 0 saturated carbocycles. The van der Waals surface area contributed by atoms with Crippen molar-refractivity contribution in [2.75, 3.05) is 6.61 Å². The van der Waals surface area contributed by atoms with Gasteiger partial charge in [-0.15, -0.1) is 0 Å². The molecule has 4 atom stereocenters. The van der Waals surface area contributed by atoms with Crippen LogP contribution in [-0.4, -0.2) is 30.0 Å². The zero-order valence-electron chi connectivity index (χ0n) is 7.16. The Bertz CT molecular complexity index is 129. The van der Waals surface area contributed by atoms with Gasteiger partial charge in [-0.25, -0.2) is 0 Å². The second kappa shape index (κ2) is 3.52. The van der Waals surface area contributed by atoms with E-state index in [4.69, 9.17) is 15.6 Å². The van der Waals surface area contributed by atoms with Crippen molar-refractivity contribution < 1.29 is 9.84 Å². The third-order valence-electron chi connectivity index (χ3n) is 2.49. The summed E-state index contributed by atoms with van der Waals surface area (Å²) >= 11 is 0. The summed E-state index contributed by atoms with van der Waals surface area (Å²) in [4.78, 5) is 0. The standard InChI is InChI=1S/C8H17NO2/c1-5-3-7(9)8(4-10)11-6(5)2/h5-8,10H,3-4,9H2,1-2H3/t5-,6?,7?,8-/m0/s1. The molecule has 0 aromatic heterocycles. The highest BCUT2D eigenvalue weighted by molar-refractivity contribution is 4.83. The predicted molar refractivity (Wildman–Crippen MR) is 43.2 cm³/mol. The molecule has 1 fully saturated rings. The van der Waals surface area contributed by atoms with Gasteiger partial charge in [-0.3, -0.25) is 0 Å². The predicted octanol–water partition coefficient (Wildman–Crippen LogP) is 0.119. The fourth-order valence-corrected chi connectivity index (χ4v) is 1.46. The van der Waals surface area contributed by atoms with E-state index in [1.54, 1.807) is 0 Å². The van der Waals surface area contributed by atoms with E-state index in [1.807, 2.05) is 6.92 Å². The molecule has 0 bridgehead atoms. The van der Waals surface area contributed by atoms with Crippen LogP contribution in [0.3, 0.4) is 0 Å². The number of aliphatic hydroxyl groups is 1. The van der Waals surface area contributed by atoms with E-state index >= 15 is 0 Å².